The summed E-state index contributed by atoms with van der Waals surface area (Å²) in [5, 5.41) is 4.66. The Morgan fingerprint density at radius 2 is 1.03 bits per heavy atom. The van der Waals surface area contributed by atoms with Crippen LogP contribution < -0.4 is 4.90 Å². The van der Waals surface area contributed by atoms with E-state index in [9.17, 15) is 0 Å². The summed E-state index contributed by atoms with van der Waals surface area (Å²) in [5.41, 5.74) is 18.3. The van der Waals surface area contributed by atoms with Gasteiger partial charge in [0.1, 0.15) is 11.2 Å². The van der Waals surface area contributed by atoms with Crippen molar-refractivity contribution in [2.24, 2.45) is 0 Å². The fourth-order valence-corrected chi connectivity index (χ4v) is 10.4. The molecular weight excluding hydrogens is 705 g/mol. The molecule has 1 aliphatic carbocycles. The Morgan fingerprint density at radius 1 is 0.414 bits per heavy atom. The van der Waals surface area contributed by atoms with Crippen molar-refractivity contribution in [3.05, 3.63) is 229 Å². The molecule has 3 heteroatoms. The van der Waals surface area contributed by atoms with E-state index in [1.807, 2.05) is 0 Å². The summed E-state index contributed by atoms with van der Waals surface area (Å²) in [6.07, 6.45) is 0. The molecule has 0 bridgehead atoms. The number of benzene rings is 9. The first-order chi connectivity index (χ1) is 28.8. The maximum absolute atomic E-state index is 6.83. The lowest BCUT2D eigenvalue weighted by Gasteiger charge is -2.39. The van der Waals surface area contributed by atoms with Crippen molar-refractivity contribution in [1.82, 2.24) is 4.57 Å². The van der Waals surface area contributed by atoms with Crippen LogP contribution in [0.4, 0.5) is 17.1 Å². The zero-order valence-electron chi connectivity index (χ0n) is 31.4. The number of aromatic nitrogens is 1. The lowest BCUT2D eigenvalue weighted by Crippen LogP contribution is -2.33. The molecule has 58 heavy (non-hydrogen) atoms. The number of hydrogen-bond donors (Lipinski definition) is 0. The van der Waals surface area contributed by atoms with E-state index in [1.165, 1.54) is 72.0 Å². The van der Waals surface area contributed by atoms with Crippen molar-refractivity contribution in [3.8, 4) is 27.9 Å². The van der Waals surface area contributed by atoms with Gasteiger partial charge < -0.3 is 13.9 Å². The Kier molecular flexibility index (Phi) is 6.37. The van der Waals surface area contributed by atoms with Crippen LogP contribution in [0.25, 0.3) is 71.7 Å². The summed E-state index contributed by atoms with van der Waals surface area (Å²) in [6, 6.07) is 75.4. The highest BCUT2D eigenvalue weighted by molar-refractivity contribution is 6.26. The molecule has 0 N–H and O–H groups in total. The standard InChI is InChI=1S/C55H34N2O/c1-3-15-35(16-4-1)36-27-29-38(30-28-36)56(37-17-5-2-6-18-37)39-31-32-46-43(33-39)40-19-7-10-22-45(40)55(46)47-23-11-13-25-50(47)57-49-24-12-8-21-42(49)52-53(57)48(55)34-44-41-20-9-14-26-51(41)58-54(44)52/h1-34H. The van der Waals surface area contributed by atoms with E-state index in [1.54, 1.807) is 0 Å². The molecule has 2 aliphatic rings. The zero-order chi connectivity index (χ0) is 38.0. The molecule has 2 aromatic heterocycles. The highest BCUT2D eigenvalue weighted by Crippen LogP contribution is 2.62. The van der Waals surface area contributed by atoms with Crippen LogP contribution in [0.5, 0.6) is 0 Å². The van der Waals surface area contributed by atoms with Crippen molar-refractivity contribution >= 4 is 60.8 Å². The normalized spacial score (nSPS) is 15.0. The van der Waals surface area contributed by atoms with Gasteiger partial charge in [-0.2, -0.15) is 0 Å². The summed E-state index contributed by atoms with van der Waals surface area (Å²) in [6.45, 7) is 0. The van der Waals surface area contributed by atoms with E-state index in [-0.39, 0.29) is 0 Å². The van der Waals surface area contributed by atoms with Gasteiger partial charge in [0, 0.05) is 33.2 Å². The number of anilines is 3. The minimum Gasteiger partial charge on any atom is -0.455 e. The van der Waals surface area contributed by atoms with Crippen molar-refractivity contribution in [3.63, 3.8) is 0 Å². The summed E-state index contributed by atoms with van der Waals surface area (Å²) in [5.74, 6) is 0. The maximum Gasteiger partial charge on any atom is 0.145 e. The smallest absolute Gasteiger partial charge is 0.145 e. The van der Waals surface area contributed by atoms with Crippen LogP contribution in [0.2, 0.25) is 0 Å². The Morgan fingerprint density at radius 3 is 1.88 bits per heavy atom. The van der Waals surface area contributed by atoms with Gasteiger partial charge in [0.25, 0.3) is 0 Å². The Labute approximate surface area is 335 Å². The average molecular weight is 739 g/mol. The van der Waals surface area contributed by atoms with Crippen molar-refractivity contribution in [1.29, 1.82) is 0 Å². The number of para-hydroxylation sites is 4. The van der Waals surface area contributed by atoms with Crippen LogP contribution in [0.3, 0.4) is 0 Å². The maximum atomic E-state index is 6.83. The predicted molar refractivity (Wildman–Crippen MR) is 239 cm³/mol. The molecule has 0 amide bonds. The van der Waals surface area contributed by atoms with E-state index >= 15 is 0 Å². The van der Waals surface area contributed by atoms with Gasteiger partial charge >= 0.3 is 0 Å². The fraction of sp³-hybridized carbons (Fsp3) is 0.0182. The monoisotopic (exact) mass is 738 g/mol. The average Bonchev–Trinajstić information content (AvgIpc) is 3.94. The molecule has 1 atom stereocenters. The van der Waals surface area contributed by atoms with E-state index in [2.05, 4.69) is 216 Å². The topological polar surface area (TPSA) is 21.3 Å². The molecule has 0 radical (unpaired) electrons. The Bertz CT molecular complexity index is 3450. The van der Waals surface area contributed by atoms with Crippen LogP contribution in [-0.2, 0) is 5.41 Å². The summed E-state index contributed by atoms with van der Waals surface area (Å²) < 4.78 is 9.33. The highest BCUT2D eigenvalue weighted by Gasteiger charge is 2.51. The van der Waals surface area contributed by atoms with Crippen molar-refractivity contribution in [2.45, 2.75) is 5.41 Å². The molecule has 3 nitrogen and oxygen atoms in total. The molecule has 11 aromatic rings. The molecule has 1 spiro atoms. The quantitative estimate of drug-likeness (QED) is 0.179. The van der Waals surface area contributed by atoms with Gasteiger partial charge in [-0.25, -0.2) is 0 Å². The van der Waals surface area contributed by atoms with Gasteiger partial charge in [-0.05, 0) is 105 Å². The third kappa shape index (κ3) is 4.07. The van der Waals surface area contributed by atoms with Crippen molar-refractivity contribution < 1.29 is 4.42 Å². The first-order valence-corrected chi connectivity index (χ1v) is 20.0. The lowest BCUT2D eigenvalue weighted by molar-refractivity contribution is 0.672. The fourth-order valence-electron chi connectivity index (χ4n) is 10.4. The first kappa shape index (κ1) is 31.6. The minimum atomic E-state index is -0.578. The number of fused-ring (bicyclic) bond motifs is 16. The molecule has 13 rings (SSSR count). The van der Waals surface area contributed by atoms with Gasteiger partial charge in [0.05, 0.1) is 27.5 Å². The summed E-state index contributed by atoms with van der Waals surface area (Å²) >= 11 is 0. The van der Waals surface area contributed by atoms with Gasteiger partial charge in [-0.15, -0.1) is 0 Å². The molecule has 9 aromatic carbocycles. The van der Waals surface area contributed by atoms with Gasteiger partial charge in [0.2, 0.25) is 0 Å². The molecule has 3 heterocycles. The van der Waals surface area contributed by atoms with Gasteiger partial charge in [0.15, 0.2) is 0 Å². The number of nitrogens with zero attached hydrogens (tertiary/aromatic N) is 2. The molecule has 0 fully saturated rings. The minimum absolute atomic E-state index is 0.578. The Hall–Kier alpha value is -7.62. The molecular formula is C55H34N2O. The molecule has 1 unspecified atom stereocenters. The summed E-state index contributed by atoms with van der Waals surface area (Å²) in [7, 11) is 0. The largest absolute Gasteiger partial charge is 0.455 e. The van der Waals surface area contributed by atoms with Gasteiger partial charge in [-0.3, -0.25) is 0 Å². The number of rotatable bonds is 4. The SMILES string of the molecule is c1ccc(-c2ccc(N(c3ccccc3)c3ccc4c(c3)-c3ccccc3C43c4ccccc4-n4c5ccccc5c5c6oc7ccccc7c6cc3c54)cc2)cc1. The highest BCUT2D eigenvalue weighted by atomic mass is 16.3. The van der Waals surface area contributed by atoms with Crippen LogP contribution in [0, 0.1) is 0 Å². The predicted octanol–water partition coefficient (Wildman–Crippen LogP) is 14.5. The third-order valence-corrected chi connectivity index (χ3v) is 12.8. The van der Waals surface area contributed by atoms with Crippen molar-refractivity contribution in [2.75, 3.05) is 4.90 Å². The first-order valence-electron chi connectivity index (χ1n) is 20.0. The second-order valence-corrected chi connectivity index (χ2v) is 15.6. The second kappa shape index (κ2) is 11.7. The number of hydrogen-bond acceptors (Lipinski definition) is 2. The van der Waals surface area contributed by atoms with E-state index in [0.29, 0.717) is 0 Å². The zero-order valence-corrected chi connectivity index (χ0v) is 31.4. The molecule has 270 valence electrons. The Balaban J connectivity index is 1.12. The lowest BCUT2D eigenvalue weighted by atomic mass is 9.65. The van der Waals surface area contributed by atoms with E-state index in [4.69, 9.17) is 4.42 Å². The van der Waals surface area contributed by atoms with E-state index < -0.39 is 5.41 Å². The molecule has 0 saturated carbocycles. The second-order valence-electron chi connectivity index (χ2n) is 15.6. The van der Waals surface area contributed by atoms with Crippen LogP contribution in [0.15, 0.2) is 211 Å². The third-order valence-electron chi connectivity index (χ3n) is 12.8. The van der Waals surface area contributed by atoms with Crippen LogP contribution in [-0.4, -0.2) is 4.57 Å². The number of furan rings is 1. The molecule has 1 aliphatic heterocycles. The van der Waals surface area contributed by atoms with Gasteiger partial charge in [-0.1, -0.05) is 146 Å². The molecule has 0 saturated heterocycles. The van der Waals surface area contributed by atoms with Crippen LogP contribution in [0.1, 0.15) is 22.3 Å². The van der Waals surface area contributed by atoms with E-state index in [0.717, 1.165) is 39.0 Å². The van der Waals surface area contributed by atoms with Crippen LogP contribution >= 0.6 is 0 Å². The summed E-state index contributed by atoms with van der Waals surface area (Å²) in [4.78, 5) is 2.39.